The summed E-state index contributed by atoms with van der Waals surface area (Å²) in [4.78, 5) is 12.1. The van der Waals surface area contributed by atoms with Crippen molar-refractivity contribution < 1.29 is 9.53 Å². The van der Waals surface area contributed by atoms with Crippen molar-refractivity contribution in [3.63, 3.8) is 0 Å². The van der Waals surface area contributed by atoms with Crippen LogP contribution in [0.3, 0.4) is 0 Å². The molecule has 0 aromatic heterocycles. The minimum Gasteiger partial charge on any atom is -0.468 e. The number of carbonyl (C=O) groups is 1. The average molecular weight is 207 g/mol. The molecule has 0 aliphatic heterocycles. The number of ether oxygens (including phenoxy) is 1. The van der Waals surface area contributed by atoms with Gasteiger partial charge in [-0.25, -0.2) is 0 Å². The Morgan fingerprint density at radius 1 is 1.33 bits per heavy atom. The van der Waals surface area contributed by atoms with Crippen LogP contribution in [0.25, 0.3) is 0 Å². The zero-order chi connectivity index (χ0) is 10.9. The van der Waals surface area contributed by atoms with Gasteiger partial charge in [0.05, 0.1) is 6.61 Å². The molecule has 0 saturated carbocycles. The lowest BCUT2D eigenvalue weighted by molar-refractivity contribution is -0.128. The van der Waals surface area contributed by atoms with Crippen LogP contribution in [-0.2, 0) is 16.1 Å². The smallest absolute Gasteiger partial charge is 0.293 e. The quantitative estimate of drug-likeness (QED) is 0.503. The Labute approximate surface area is 90.7 Å². The fourth-order valence-corrected chi connectivity index (χ4v) is 1.44. The highest BCUT2D eigenvalue weighted by atomic mass is 16.5. The first kappa shape index (κ1) is 11.7. The van der Waals surface area contributed by atoms with Crippen molar-refractivity contribution in [1.29, 1.82) is 0 Å². The number of carbonyl (C=O) groups excluding carboxylic acids is 1. The largest absolute Gasteiger partial charge is 0.468 e. The van der Waals surface area contributed by atoms with Crippen LogP contribution < -0.4 is 0 Å². The first-order valence-electron chi connectivity index (χ1n) is 5.10. The SMILES string of the molecule is CN(CCCOC=O)Cc1ccccc1. The summed E-state index contributed by atoms with van der Waals surface area (Å²) in [6.07, 6.45) is 0.877. The van der Waals surface area contributed by atoms with E-state index in [0.717, 1.165) is 19.5 Å². The fourth-order valence-electron chi connectivity index (χ4n) is 1.44. The topological polar surface area (TPSA) is 29.5 Å². The molecule has 15 heavy (non-hydrogen) atoms. The van der Waals surface area contributed by atoms with Crippen molar-refractivity contribution >= 4 is 6.47 Å². The van der Waals surface area contributed by atoms with Gasteiger partial charge >= 0.3 is 0 Å². The lowest BCUT2D eigenvalue weighted by atomic mass is 10.2. The van der Waals surface area contributed by atoms with Crippen molar-refractivity contribution in [1.82, 2.24) is 4.90 Å². The van der Waals surface area contributed by atoms with Crippen molar-refractivity contribution in [3.8, 4) is 0 Å². The molecule has 3 nitrogen and oxygen atoms in total. The minimum atomic E-state index is 0.497. The second-order valence-electron chi connectivity index (χ2n) is 3.54. The zero-order valence-electron chi connectivity index (χ0n) is 9.06. The molecule has 82 valence electrons. The van der Waals surface area contributed by atoms with E-state index in [1.54, 1.807) is 0 Å². The molecule has 1 rings (SSSR count). The molecule has 0 atom stereocenters. The van der Waals surface area contributed by atoms with Gasteiger partial charge in [-0.3, -0.25) is 4.79 Å². The van der Waals surface area contributed by atoms with Gasteiger partial charge in [0, 0.05) is 13.1 Å². The molecule has 0 unspecified atom stereocenters. The van der Waals surface area contributed by atoms with Crippen LogP contribution >= 0.6 is 0 Å². The van der Waals surface area contributed by atoms with E-state index < -0.39 is 0 Å². The van der Waals surface area contributed by atoms with E-state index in [1.165, 1.54) is 5.56 Å². The molecule has 1 aromatic rings. The summed E-state index contributed by atoms with van der Waals surface area (Å²) in [5.41, 5.74) is 1.30. The van der Waals surface area contributed by atoms with Gasteiger partial charge in [-0.05, 0) is 19.0 Å². The molecule has 0 saturated heterocycles. The van der Waals surface area contributed by atoms with E-state index in [0.29, 0.717) is 13.1 Å². The van der Waals surface area contributed by atoms with E-state index >= 15 is 0 Å². The molecular formula is C12H17NO2. The van der Waals surface area contributed by atoms with Crippen molar-refractivity contribution in [2.24, 2.45) is 0 Å². The van der Waals surface area contributed by atoms with Gasteiger partial charge in [0.25, 0.3) is 6.47 Å². The highest BCUT2D eigenvalue weighted by Crippen LogP contribution is 2.02. The first-order valence-corrected chi connectivity index (χ1v) is 5.10. The number of nitrogens with zero attached hydrogens (tertiary/aromatic N) is 1. The van der Waals surface area contributed by atoms with Gasteiger partial charge in [-0.1, -0.05) is 30.3 Å². The van der Waals surface area contributed by atoms with E-state index in [9.17, 15) is 4.79 Å². The Hall–Kier alpha value is -1.35. The number of hydrogen-bond donors (Lipinski definition) is 0. The molecule has 3 heteroatoms. The predicted molar refractivity (Wildman–Crippen MR) is 59.4 cm³/mol. The molecule has 0 amide bonds. The third-order valence-electron chi connectivity index (χ3n) is 2.17. The Morgan fingerprint density at radius 3 is 2.73 bits per heavy atom. The molecule has 1 aromatic carbocycles. The Morgan fingerprint density at radius 2 is 2.07 bits per heavy atom. The minimum absolute atomic E-state index is 0.497. The summed E-state index contributed by atoms with van der Waals surface area (Å²) in [6.45, 7) is 2.87. The van der Waals surface area contributed by atoms with Crippen LogP contribution in [0.4, 0.5) is 0 Å². The number of hydrogen-bond acceptors (Lipinski definition) is 3. The van der Waals surface area contributed by atoms with Gasteiger partial charge in [0.1, 0.15) is 0 Å². The first-order chi connectivity index (χ1) is 7.33. The Bertz CT molecular complexity index is 274. The molecule has 0 bridgehead atoms. The molecule has 0 aliphatic rings. The molecular weight excluding hydrogens is 190 g/mol. The third kappa shape index (κ3) is 5.18. The summed E-state index contributed by atoms with van der Waals surface area (Å²) < 4.78 is 4.63. The van der Waals surface area contributed by atoms with E-state index in [1.807, 2.05) is 18.2 Å². The monoisotopic (exact) mass is 207 g/mol. The van der Waals surface area contributed by atoms with Crippen LogP contribution in [0.1, 0.15) is 12.0 Å². The van der Waals surface area contributed by atoms with Crippen LogP contribution in [0.5, 0.6) is 0 Å². The van der Waals surface area contributed by atoms with Gasteiger partial charge in [0.15, 0.2) is 0 Å². The second kappa shape index (κ2) is 7.01. The predicted octanol–water partition coefficient (Wildman–Crippen LogP) is 1.68. The second-order valence-corrected chi connectivity index (χ2v) is 3.54. The van der Waals surface area contributed by atoms with Crippen molar-refractivity contribution in [2.45, 2.75) is 13.0 Å². The van der Waals surface area contributed by atoms with Gasteiger partial charge in [-0.2, -0.15) is 0 Å². The third-order valence-corrected chi connectivity index (χ3v) is 2.17. The molecule has 0 aliphatic carbocycles. The van der Waals surface area contributed by atoms with E-state index in [4.69, 9.17) is 0 Å². The van der Waals surface area contributed by atoms with Crippen LogP contribution in [0, 0.1) is 0 Å². The van der Waals surface area contributed by atoms with Crippen molar-refractivity contribution in [3.05, 3.63) is 35.9 Å². The zero-order valence-corrected chi connectivity index (χ0v) is 9.06. The van der Waals surface area contributed by atoms with Crippen LogP contribution in [0.2, 0.25) is 0 Å². The highest BCUT2D eigenvalue weighted by molar-refractivity contribution is 5.36. The molecule has 0 spiro atoms. The Balaban J connectivity index is 2.18. The lowest BCUT2D eigenvalue weighted by Crippen LogP contribution is -2.20. The fraction of sp³-hybridized carbons (Fsp3) is 0.417. The summed E-state index contributed by atoms with van der Waals surface area (Å²) in [7, 11) is 2.06. The highest BCUT2D eigenvalue weighted by Gasteiger charge is 1.99. The van der Waals surface area contributed by atoms with Crippen LogP contribution in [-0.4, -0.2) is 31.6 Å². The number of benzene rings is 1. The standard InChI is InChI=1S/C12H17NO2/c1-13(8-5-9-15-11-14)10-12-6-3-2-4-7-12/h2-4,6-7,11H,5,8-10H2,1H3. The van der Waals surface area contributed by atoms with Crippen LogP contribution in [0.15, 0.2) is 30.3 Å². The summed E-state index contributed by atoms with van der Waals surface area (Å²) in [6, 6.07) is 10.3. The summed E-state index contributed by atoms with van der Waals surface area (Å²) in [5.74, 6) is 0. The lowest BCUT2D eigenvalue weighted by Gasteiger charge is -2.15. The maximum Gasteiger partial charge on any atom is 0.293 e. The van der Waals surface area contributed by atoms with Gasteiger partial charge in [0.2, 0.25) is 0 Å². The molecule has 0 N–H and O–H groups in total. The molecule has 0 radical (unpaired) electrons. The average Bonchev–Trinajstić information content (AvgIpc) is 2.26. The molecule has 0 fully saturated rings. The normalized spacial score (nSPS) is 10.3. The maximum atomic E-state index is 9.90. The maximum absolute atomic E-state index is 9.90. The number of rotatable bonds is 7. The summed E-state index contributed by atoms with van der Waals surface area (Å²) in [5, 5.41) is 0. The van der Waals surface area contributed by atoms with Crippen molar-refractivity contribution in [2.75, 3.05) is 20.2 Å². The summed E-state index contributed by atoms with van der Waals surface area (Å²) >= 11 is 0. The van der Waals surface area contributed by atoms with Gasteiger partial charge in [-0.15, -0.1) is 0 Å². The molecule has 0 heterocycles. The van der Waals surface area contributed by atoms with E-state index in [2.05, 4.69) is 28.8 Å². The Kier molecular flexibility index (Phi) is 5.48. The van der Waals surface area contributed by atoms with E-state index in [-0.39, 0.29) is 0 Å². The van der Waals surface area contributed by atoms with Gasteiger partial charge < -0.3 is 9.64 Å².